The van der Waals surface area contributed by atoms with Crippen molar-refractivity contribution in [3.05, 3.63) is 35.4 Å². The first kappa shape index (κ1) is 17.0. The van der Waals surface area contributed by atoms with Gasteiger partial charge in [-0.3, -0.25) is 4.57 Å². The molecular formula is C12H19Cl2N2O2P. The zero-order valence-corrected chi connectivity index (χ0v) is 13.3. The van der Waals surface area contributed by atoms with Gasteiger partial charge in [0.05, 0.1) is 6.61 Å². The minimum Gasteiger partial charge on any atom is -0.301 e. The van der Waals surface area contributed by atoms with Crippen molar-refractivity contribution in [2.24, 2.45) is 5.50 Å². The fraction of sp³-hybridized carbons (Fsp3) is 0.500. The van der Waals surface area contributed by atoms with Crippen LogP contribution in [-0.4, -0.2) is 29.5 Å². The van der Waals surface area contributed by atoms with Crippen LogP contribution >= 0.6 is 30.9 Å². The molecule has 0 saturated heterocycles. The van der Waals surface area contributed by atoms with E-state index in [1.54, 1.807) is 0 Å². The lowest BCUT2D eigenvalue weighted by Gasteiger charge is -2.26. The van der Waals surface area contributed by atoms with Crippen molar-refractivity contribution in [3.8, 4) is 0 Å². The van der Waals surface area contributed by atoms with Crippen LogP contribution in [0.5, 0.6) is 0 Å². The average molecular weight is 325 g/mol. The molecule has 0 radical (unpaired) electrons. The van der Waals surface area contributed by atoms with Crippen LogP contribution in [0.1, 0.15) is 11.1 Å². The highest BCUT2D eigenvalue weighted by molar-refractivity contribution is 7.53. The summed E-state index contributed by atoms with van der Waals surface area (Å²) >= 11 is 11.3. The van der Waals surface area contributed by atoms with Crippen molar-refractivity contribution in [1.29, 1.82) is 0 Å². The van der Waals surface area contributed by atoms with Crippen molar-refractivity contribution in [2.45, 2.75) is 13.5 Å². The second kappa shape index (κ2) is 8.25. The highest BCUT2D eigenvalue weighted by atomic mass is 35.5. The Kier molecular flexibility index (Phi) is 7.37. The molecule has 0 spiro atoms. The maximum atomic E-state index is 12.3. The highest BCUT2D eigenvalue weighted by Crippen LogP contribution is 2.43. The lowest BCUT2D eigenvalue weighted by molar-refractivity contribution is 0.257. The van der Waals surface area contributed by atoms with Crippen LogP contribution in [0, 0.1) is 6.92 Å². The number of alkyl halides is 2. The predicted molar refractivity (Wildman–Crippen MR) is 80.8 cm³/mol. The van der Waals surface area contributed by atoms with Gasteiger partial charge in [0.25, 0.3) is 0 Å². The molecule has 1 unspecified atom stereocenters. The molecule has 0 amide bonds. The van der Waals surface area contributed by atoms with E-state index in [1.165, 1.54) is 4.67 Å². The van der Waals surface area contributed by atoms with Gasteiger partial charge in [0.1, 0.15) is 0 Å². The molecule has 1 rings (SSSR count). The summed E-state index contributed by atoms with van der Waals surface area (Å²) in [6.45, 7) is 2.96. The van der Waals surface area contributed by atoms with Crippen molar-refractivity contribution in [2.75, 3.05) is 24.8 Å². The molecular weight excluding hydrogens is 306 g/mol. The molecule has 1 atom stereocenters. The van der Waals surface area contributed by atoms with E-state index in [1.807, 2.05) is 31.2 Å². The van der Waals surface area contributed by atoms with Crippen LogP contribution in [0.3, 0.4) is 0 Å². The van der Waals surface area contributed by atoms with Gasteiger partial charge in [-0.1, -0.05) is 29.8 Å². The smallest absolute Gasteiger partial charge is 0.301 e. The van der Waals surface area contributed by atoms with Crippen molar-refractivity contribution < 1.29 is 9.09 Å². The van der Waals surface area contributed by atoms with Crippen LogP contribution in [0.15, 0.2) is 24.3 Å². The molecule has 19 heavy (non-hydrogen) atoms. The standard InChI is InChI=1S/C12H19Cl2N2O2P/c1-11-3-2-4-12(9-11)10-18-19(15,17)16(7-5-13)8-6-14/h2-4,9H,5-8,10H2,1H3,(H2,15,17). The number of nitrogens with two attached hydrogens (primary N) is 1. The molecule has 1 aromatic rings. The molecule has 0 aliphatic carbocycles. The van der Waals surface area contributed by atoms with Crippen LogP contribution in [0.2, 0.25) is 0 Å². The Morgan fingerprint density at radius 3 is 2.47 bits per heavy atom. The zero-order chi connectivity index (χ0) is 14.3. The molecule has 108 valence electrons. The summed E-state index contributed by atoms with van der Waals surface area (Å²) in [4.78, 5) is 0. The normalized spacial score (nSPS) is 14.6. The zero-order valence-electron chi connectivity index (χ0n) is 10.9. The molecule has 0 fully saturated rings. The summed E-state index contributed by atoms with van der Waals surface area (Å²) in [5, 5.41) is 0. The molecule has 0 aliphatic heterocycles. The Hall–Kier alpha value is -0.0900. The van der Waals surface area contributed by atoms with E-state index in [0.29, 0.717) is 24.8 Å². The minimum absolute atomic E-state index is 0.205. The minimum atomic E-state index is -3.35. The number of benzene rings is 1. The monoisotopic (exact) mass is 324 g/mol. The second-order valence-corrected chi connectivity index (χ2v) is 6.87. The highest BCUT2D eigenvalue weighted by Gasteiger charge is 2.26. The van der Waals surface area contributed by atoms with Crippen LogP contribution in [0.4, 0.5) is 0 Å². The Balaban J connectivity index is 2.64. The summed E-state index contributed by atoms with van der Waals surface area (Å²) in [5.41, 5.74) is 7.81. The van der Waals surface area contributed by atoms with Gasteiger partial charge in [-0.15, -0.1) is 23.2 Å². The number of aryl methyl sites for hydroxylation is 1. The number of nitrogens with zero attached hydrogens (tertiary/aromatic N) is 1. The lowest BCUT2D eigenvalue weighted by Crippen LogP contribution is -2.29. The molecule has 1 aromatic carbocycles. The van der Waals surface area contributed by atoms with Gasteiger partial charge in [-0.2, -0.15) is 0 Å². The fourth-order valence-corrected chi connectivity index (χ4v) is 3.53. The molecule has 4 nitrogen and oxygen atoms in total. The van der Waals surface area contributed by atoms with Crippen molar-refractivity contribution in [1.82, 2.24) is 4.67 Å². The van der Waals surface area contributed by atoms with E-state index in [2.05, 4.69) is 0 Å². The summed E-state index contributed by atoms with van der Waals surface area (Å²) < 4.78 is 19.2. The maximum Gasteiger partial charge on any atom is 0.341 e. The van der Waals surface area contributed by atoms with Gasteiger partial charge >= 0.3 is 7.67 Å². The van der Waals surface area contributed by atoms with Gasteiger partial charge in [0.2, 0.25) is 0 Å². The van der Waals surface area contributed by atoms with Gasteiger partial charge in [0, 0.05) is 24.8 Å². The third-order valence-electron chi connectivity index (χ3n) is 2.58. The molecule has 2 N–H and O–H groups in total. The molecule has 7 heteroatoms. The van der Waals surface area contributed by atoms with Crippen LogP contribution < -0.4 is 5.50 Å². The number of halogens is 2. The quantitative estimate of drug-likeness (QED) is 0.588. The largest absolute Gasteiger partial charge is 0.341 e. The number of rotatable bonds is 8. The average Bonchev–Trinajstić information content (AvgIpc) is 2.36. The van der Waals surface area contributed by atoms with E-state index < -0.39 is 7.67 Å². The lowest BCUT2D eigenvalue weighted by atomic mass is 10.1. The van der Waals surface area contributed by atoms with Gasteiger partial charge < -0.3 is 4.52 Å². The van der Waals surface area contributed by atoms with E-state index in [9.17, 15) is 4.57 Å². The Morgan fingerprint density at radius 2 is 1.95 bits per heavy atom. The van der Waals surface area contributed by atoms with Gasteiger partial charge in [-0.05, 0) is 12.5 Å². The van der Waals surface area contributed by atoms with Crippen molar-refractivity contribution in [3.63, 3.8) is 0 Å². The SMILES string of the molecule is Cc1cccc(COP(N)(=O)N(CCCl)CCCl)c1. The first-order chi connectivity index (χ1) is 8.99. The number of hydrogen-bond donors (Lipinski definition) is 1. The molecule has 0 bridgehead atoms. The second-order valence-electron chi connectivity index (χ2n) is 4.16. The van der Waals surface area contributed by atoms with Crippen LogP contribution in [-0.2, 0) is 15.7 Å². The Bertz CT molecular complexity index is 439. The van der Waals surface area contributed by atoms with Gasteiger partial charge in [0.15, 0.2) is 0 Å². The first-order valence-corrected chi connectivity index (χ1v) is 8.67. The van der Waals surface area contributed by atoms with E-state index in [0.717, 1.165) is 11.1 Å². The van der Waals surface area contributed by atoms with E-state index in [-0.39, 0.29) is 6.61 Å². The van der Waals surface area contributed by atoms with Crippen molar-refractivity contribution >= 4 is 30.9 Å². The summed E-state index contributed by atoms with van der Waals surface area (Å²) in [6.07, 6.45) is 0. The molecule has 0 aliphatic rings. The number of hydrogen-bond acceptors (Lipinski definition) is 2. The van der Waals surface area contributed by atoms with E-state index >= 15 is 0 Å². The third-order valence-corrected chi connectivity index (χ3v) is 4.60. The Labute approximate surface area is 124 Å². The first-order valence-electron chi connectivity index (χ1n) is 5.95. The van der Waals surface area contributed by atoms with Gasteiger partial charge in [-0.25, -0.2) is 10.2 Å². The fourth-order valence-electron chi connectivity index (χ4n) is 1.64. The van der Waals surface area contributed by atoms with E-state index in [4.69, 9.17) is 33.2 Å². The summed E-state index contributed by atoms with van der Waals surface area (Å²) in [5.74, 6) is 0.651. The molecule has 0 heterocycles. The molecule has 0 aromatic heterocycles. The predicted octanol–water partition coefficient (Wildman–Crippen LogP) is 3.36. The topological polar surface area (TPSA) is 55.6 Å². The Morgan fingerprint density at radius 1 is 1.32 bits per heavy atom. The summed E-state index contributed by atoms with van der Waals surface area (Å²) in [7, 11) is -3.35. The molecule has 0 saturated carbocycles. The summed E-state index contributed by atoms with van der Waals surface area (Å²) in [6, 6.07) is 7.78. The van der Waals surface area contributed by atoms with Crippen LogP contribution in [0.25, 0.3) is 0 Å². The third kappa shape index (κ3) is 5.82. The maximum absolute atomic E-state index is 12.3.